The molecule has 1 heterocycles. The van der Waals surface area contributed by atoms with Crippen molar-refractivity contribution in [2.24, 2.45) is 0 Å². The first kappa shape index (κ1) is 16.6. The van der Waals surface area contributed by atoms with Crippen molar-refractivity contribution in [3.05, 3.63) is 51.4 Å². The third-order valence-corrected chi connectivity index (χ3v) is 4.52. The standard InChI is InChI=1S/C15H16ClN3O2S/c1-3-12(22-15-17-7-6-13(20)19-15)14(21)18-11-8-10(16)5-4-9(11)2/h4-8,12H,3H2,1-2H3,(H,18,21)(H,17,19,20). The van der Waals surface area contributed by atoms with Gasteiger partial charge in [0.1, 0.15) is 0 Å². The third-order valence-electron chi connectivity index (χ3n) is 3.02. The van der Waals surface area contributed by atoms with Crippen molar-refractivity contribution in [1.29, 1.82) is 0 Å². The van der Waals surface area contributed by atoms with Crippen molar-refractivity contribution in [3.63, 3.8) is 0 Å². The summed E-state index contributed by atoms with van der Waals surface area (Å²) in [6, 6.07) is 6.68. The normalized spacial score (nSPS) is 12.0. The molecular formula is C15H16ClN3O2S. The molecule has 1 aromatic heterocycles. The van der Waals surface area contributed by atoms with Crippen LogP contribution in [-0.2, 0) is 4.79 Å². The summed E-state index contributed by atoms with van der Waals surface area (Å²) in [7, 11) is 0. The highest BCUT2D eigenvalue weighted by atomic mass is 35.5. The Hall–Kier alpha value is -1.79. The van der Waals surface area contributed by atoms with E-state index in [9.17, 15) is 9.59 Å². The number of amides is 1. The first-order valence-electron chi connectivity index (χ1n) is 6.78. The van der Waals surface area contributed by atoms with Crippen molar-refractivity contribution in [3.8, 4) is 0 Å². The summed E-state index contributed by atoms with van der Waals surface area (Å²) in [6.07, 6.45) is 2.03. The van der Waals surface area contributed by atoms with E-state index in [1.807, 2.05) is 19.9 Å². The fourth-order valence-corrected chi connectivity index (χ4v) is 2.87. The number of nitrogens with zero attached hydrogens (tertiary/aromatic N) is 1. The second-order valence-electron chi connectivity index (χ2n) is 4.70. The SMILES string of the molecule is CCC(Sc1nccc(=O)[nH]1)C(=O)Nc1cc(Cl)ccc1C. The van der Waals surface area contributed by atoms with Crippen LogP contribution in [0.15, 0.2) is 40.4 Å². The Morgan fingerprint density at radius 1 is 1.45 bits per heavy atom. The predicted octanol–water partition coefficient (Wildman–Crippen LogP) is 3.24. The number of rotatable bonds is 5. The van der Waals surface area contributed by atoms with Crippen LogP contribution in [0.1, 0.15) is 18.9 Å². The number of nitrogens with one attached hydrogen (secondary N) is 2. The Morgan fingerprint density at radius 2 is 2.23 bits per heavy atom. The minimum absolute atomic E-state index is 0.149. The molecule has 0 spiro atoms. The number of halogens is 1. The van der Waals surface area contributed by atoms with Crippen molar-refractivity contribution in [2.75, 3.05) is 5.32 Å². The first-order chi connectivity index (χ1) is 10.5. The molecule has 2 aromatic rings. The molecule has 0 aliphatic heterocycles. The quantitative estimate of drug-likeness (QED) is 0.648. The largest absolute Gasteiger partial charge is 0.325 e. The number of aromatic amines is 1. The van der Waals surface area contributed by atoms with Crippen LogP contribution in [-0.4, -0.2) is 21.1 Å². The molecule has 1 unspecified atom stereocenters. The minimum atomic E-state index is -0.357. The summed E-state index contributed by atoms with van der Waals surface area (Å²) in [5.41, 5.74) is 1.38. The Morgan fingerprint density at radius 3 is 2.91 bits per heavy atom. The maximum absolute atomic E-state index is 12.4. The van der Waals surface area contributed by atoms with E-state index in [0.717, 1.165) is 5.56 Å². The number of aryl methyl sites for hydroxylation is 1. The average molecular weight is 338 g/mol. The van der Waals surface area contributed by atoms with Crippen molar-refractivity contribution >= 4 is 35.0 Å². The maximum Gasteiger partial charge on any atom is 0.251 e. The van der Waals surface area contributed by atoms with Gasteiger partial charge in [-0.1, -0.05) is 36.4 Å². The van der Waals surface area contributed by atoms with Crippen LogP contribution in [0.25, 0.3) is 0 Å². The zero-order valence-corrected chi connectivity index (χ0v) is 13.8. The molecule has 5 nitrogen and oxygen atoms in total. The van der Waals surface area contributed by atoms with E-state index in [-0.39, 0.29) is 16.7 Å². The van der Waals surface area contributed by atoms with Crippen molar-refractivity contribution in [1.82, 2.24) is 9.97 Å². The molecule has 1 amide bonds. The lowest BCUT2D eigenvalue weighted by atomic mass is 10.2. The summed E-state index contributed by atoms with van der Waals surface area (Å²) in [6.45, 7) is 3.80. The Kier molecular flexibility index (Phi) is 5.63. The summed E-state index contributed by atoms with van der Waals surface area (Å²) in [5.74, 6) is -0.149. The van der Waals surface area contributed by atoms with E-state index in [1.54, 1.807) is 12.1 Å². The van der Waals surface area contributed by atoms with Gasteiger partial charge in [0, 0.05) is 23.0 Å². The molecule has 0 saturated heterocycles. The van der Waals surface area contributed by atoms with Crippen LogP contribution in [0.5, 0.6) is 0 Å². The van der Waals surface area contributed by atoms with Gasteiger partial charge in [0.05, 0.1) is 5.25 Å². The Labute approximate surface area is 137 Å². The lowest BCUT2D eigenvalue weighted by Gasteiger charge is -2.15. The summed E-state index contributed by atoms with van der Waals surface area (Å²) < 4.78 is 0. The van der Waals surface area contributed by atoms with Gasteiger partial charge in [0.25, 0.3) is 5.56 Å². The molecule has 7 heteroatoms. The smallest absolute Gasteiger partial charge is 0.251 e. The Balaban J connectivity index is 2.12. The summed E-state index contributed by atoms with van der Waals surface area (Å²) in [5, 5.41) is 3.51. The fraction of sp³-hybridized carbons (Fsp3) is 0.267. The number of carbonyl (C=O) groups is 1. The molecule has 22 heavy (non-hydrogen) atoms. The highest BCUT2D eigenvalue weighted by molar-refractivity contribution is 8.00. The Bertz CT molecular complexity index is 733. The third kappa shape index (κ3) is 4.35. The molecule has 0 radical (unpaired) electrons. The van der Waals surface area contributed by atoms with Gasteiger partial charge >= 0.3 is 0 Å². The molecule has 2 rings (SSSR count). The van der Waals surface area contributed by atoms with E-state index < -0.39 is 0 Å². The summed E-state index contributed by atoms with van der Waals surface area (Å²) in [4.78, 5) is 30.3. The molecule has 2 N–H and O–H groups in total. The van der Waals surface area contributed by atoms with Gasteiger partial charge in [-0.05, 0) is 31.0 Å². The van der Waals surface area contributed by atoms with Crippen molar-refractivity contribution in [2.45, 2.75) is 30.7 Å². The van der Waals surface area contributed by atoms with Gasteiger partial charge in [0.15, 0.2) is 5.16 Å². The average Bonchev–Trinajstić information content (AvgIpc) is 2.48. The number of thioether (sulfide) groups is 1. The number of benzene rings is 1. The molecule has 0 saturated carbocycles. The number of H-pyrrole nitrogens is 1. The molecule has 116 valence electrons. The van der Waals surface area contributed by atoms with Gasteiger partial charge < -0.3 is 10.3 Å². The van der Waals surface area contributed by atoms with Crippen LogP contribution in [0.3, 0.4) is 0 Å². The van der Waals surface area contributed by atoms with E-state index in [4.69, 9.17) is 11.6 Å². The molecule has 0 fully saturated rings. The molecule has 0 aliphatic carbocycles. The number of aromatic nitrogens is 2. The molecule has 1 aromatic carbocycles. The van der Waals surface area contributed by atoms with E-state index in [0.29, 0.717) is 22.3 Å². The number of anilines is 1. The maximum atomic E-state index is 12.4. The number of carbonyl (C=O) groups excluding carboxylic acids is 1. The topological polar surface area (TPSA) is 74.8 Å². The highest BCUT2D eigenvalue weighted by Gasteiger charge is 2.19. The molecule has 0 bridgehead atoms. The van der Waals surface area contributed by atoms with Crippen LogP contribution in [0.4, 0.5) is 5.69 Å². The van der Waals surface area contributed by atoms with Gasteiger partial charge in [-0.3, -0.25) is 9.59 Å². The zero-order chi connectivity index (χ0) is 16.1. The molecular weight excluding hydrogens is 322 g/mol. The number of hydrogen-bond acceptors (Lipinski definition) is 4. The molecule has 1 atom stereocenters. The van der Waals surface area contributed by atoms with Crippen LogP contribution in [0, 0.1) is 6.92 Å². The second kappa shape index (κ2) is 7.47. The van der Waals surface area contributed by atoms with Gasteiger partial charge in [0.2, 0.25) is 5.91 Å². The van der Waals surface area contributed by atoms with E-state index >= 15 is 0 Å². The van der Waals surface area contributed by atoms with Gasteiger partial charge in [-0.25, -0.2) is 4.98 Å². The number of hydrogen-bond donors (Lipinski definition) is 2. The zero-order valence-electron chi connectivity index (χ0n) is 12.2. The molecule has 0 aliphatic rings. The van der Waals surface area contributed by atoms with E-state index in [1.165, 1.54) is 24.0 Å². The van der Waals surface area contributed by atoms with Crippen LogP contribution >= 0.6 is 23.4 Å². The second-order valence-corrected chi connectivity index (χ2v) is 6.33. The summed E-state index contributed by atoms with van der Waals surface area (Å²) >= 11 is 7.18. The predicted molar refractivity (Wildman–Crippen MR) is 89.6 cm³/mol. The van der Waals surface area contributed by atoms with Crippen LogP contribution < -0.4 is 10.9 Å². The van der Waals surface area contributed by atoms with E-state index in [2.05, 4.69) is 15.3 Å². The van der Waals surface area contributed by atoms with Crippen LogP contribution in [0.2, 0.25) is 5.02 Å². The van der Waals surface area contributed by atoms with Gasteiger partial charge in [-0.15, -0.1) is 0 Å². The minimum Gasteiger partial charge on any atom is -0.325 e. The lowest BCUT2D eigenvalue weighted by Crippen LogP contribution is -2.25. The lowest BCUT2D eigenvalue weighted by molar-refractivity contribution is -0.115. The fourth-order valence-electron chi connectivity index (χ4n) is 1.81. The highest BCUT2D eigenvalue weighted by Crippen LogP contribution is 2.25. The first-order valence-corrected chi connectivity index (χ1v) is 8.04. The van der Waals surface area contributed by atoms with Crippen molar-refractivity contribution < 1.29 is 4.79 Å². The van der Waals surface area contributed by atoms with Gasteiger partial charge in [-0.2, -0.15) is 0 Å². The monoisotopic (exact) mass is 337 g/mol.